The van der Waals surface area contributed by atoms with E-state index < -0.39 is 0 Å². The Bertz CT molecular complexity index is 72.7. The maximum atomic E-state index is 9.63. The van der Waals surface area contributed by atoms with E-state index in [9.17, 15) is 4.79 Å². The first kappa shape index (κ1) is 8.43. The van der Waals surface area contributed by atoms with Crippen molar-refractivity contribution in [2.24, 2.45) is 5.92 Å². The van der Waals surface area contributed by atoms with Crippen molar-refractivity contribution in [1.29, 1.82) is 0 Å². The highest BCUT2D eigenvalue weighted by Crippen LogP contribution is 1.99. The summed E-state index contributed by atoms with van der Waals surface area (Å²) in [6.07, 6.45) is 0.688. The lowest BCUT2D eigenvalue weighted by Gasteiger charge is -2.05. The van der Waals surface area contributed by atoms with Crippen molar-refractivity contribution in [2.45, 2.75) is 13.3 Å². The van der Waals surface area contributed by atoms with Gasteiger partial charge in [0.1, 0.15) is 0 Å². The molecule has 1 unspecified atom stereocenters. The second-order valence-electron chi connectivity index (χ2n) is 2.05. The zero-order valence-corrected chi connectivity index (χ0v) is 5.54. The summed E-state index contributed by atoms with van der Waals surface area (Å²) in [5.41, 5.74) is 0. The summed E-state index contributed by atoms with van der Waals surface area (Å²) in [4.78, 5) is 9.63. The second kappa shape index (κ2) is 5.56. The maximum absolute atomic E-state index is 9.63. The summed E-state index contributed by atoms with van der Waals surface area (Å²) < 4.78 is 4.46. The van der Waals surface area contributed by atoms with Gasteiger partial charge in [-0.05, 0) is 12.3 Å². The average Bonchev–Trinajstić information content (AvgIpc) is 1.85. The lowest BCUT2D eigenvalue weighted by molar-refractivity contribution is -0.129. The molecule has 0 rings (SSSR count). The van der Waals surface area contributed by atoms with Crippen LogP contribution in [0.4, 0.5) is 0 Å². The molecule has 0 heterocycles. The molecule has 0 aliphatic carbocycles. The summed E-state index contributed by atoms with van der Waals surface area (Å²) in [5, 5.41) is 8.39. The van der Waals surface area contributed by atoms with Gasteiger partial charge >= 0.3 is 0 Å². The molecule has 0 aliphatic heterocycles. The van der Waals surface area contributed by atoms with Gasteiger partial charge in [-0.25, -0.2) is 0 Å². The quantitative estimate of drug-likeness (QED) is 0.543. The molecule has 3 heteroatoms. The van der Waals surface area contributed by atoms with Gasteiger partial charge in [0.15, 0.2) is 0 Å². The van der Waals surface area contributed by atoms with E-state index in [1.165, 1.54) is 0 Å². The van der Waals surface area contributed by atoms with E-state index in [2.05, 4.69) is 4.74 Å². The lowest BCUT2D eigenvalue weighted by atomic mass is 10.1. The number of hydrogen-bond acceptors (Lipinski definition) is 3. The first-order valence-electron chi connectivity index (χ1n) is 2.97. The highest BCUT2D eigenvalue weighted by molar-refractivity contribution is 5.36. The second-order valence-corrected chi connectivity index (χ2v) is 2.05. The van der Waals surface area contributed by atoms with Crippen LogP contribution in [-0.2, 0) is 9.53 Å². The number of carbonyl (C=O) groups excluding carboxylic acids is 1. The molecule has 0 aromatic heterocycles. The van der Waals surface area contributed by atoms with E-state index in [1.54, 1.807) is 0 Å². The van der Waals surface area contributed by atoms with Crippen molar-refractivity contribution in [3.63, 3.8) is 0 Å². The fraction of sp³-hybridized carbons (Fsp3) is 0.833. The largest absolute Gasteiger partial charge is 0.468 e. The smallest absolute Gasteiger partial charge is 0.293 e. The van der Waals surface area contributed by atoms with Gasteiger partial charge in [-0.15, -0.1) is 0 Å². The number of carbonyl (C=O) groups is 1. The molecule has 0 aromatic carbocycles. The first-order valence-corrected chi connectivity index (χ1v) is 2.97. The van der Waals surface area contributed by atoms with Crippen molar-refractivity contribution in [3.8, 4) is 0 Å². The highest BCUT2D eigenvalue weighted by atomic mass is 16.5. The summed E-state index contributed by atoms with van der Waals surface area (Å²) >= 11 is 0. The lowest BCUT2D eigenvalue weighted by Crippen LogP contribution is -2.06. The molecule has 0 saturated heterocycles. The molecular weight excluding hydrogens is 120 g/mol. The Labute approximate surface area is 54.6 Å². The van der Waals surface area contributed by atoms with Crippen molar-refractivity contribution < 1.29 is 14.6 Å². The van der Waals surface area contributed by atoms with Crippen LogP contribution in [0.3, 0.4) is 0 Å². The minimum absolute atomic E-state index is 0.156. The van der Waals surface area contributed by atoms with Crippen molar-refractivity contribution in [2.75, 3.05) is 13.2 Å². The first-order chi connectivity index (χ1) is 4.31. The summed E-state index contributed by atoms with van der Waals surface area (Å²) in [6.45, 7) is 2.90. The predicted octanol–water partition coefficient (Wildman–Crippen LogP) is 0.178. The van der Waals surface area contributed by atoms with Crippen LogP contribution in [-0.4, -0.2) is 24.8 Å². The Kier molecular flexibility index (Phi) is 5.21. The normalized spacial score (nSPS) is 12.7. The Morgan fingerprint density at radius 2 is 2.44 bits per heavy atom. The van der Waals surface area contributed by atoms with Crippen LogP contribution in [0, 0.1) is 5.92 Å². The third-order valence-corrected chi connectivity index (χ3v) is 1.07. The van der Waals surface area contributed by atoms with Gasteiger partial charge in [-0.1, -0.05) is 6.92 Å². The van der Waals surface area contributed by atoms with Crippen molar-refractivity contribution >= 4 is 6.47 Å². The zero-order chi connectivity index (χ0) is 7.11. The predicted molar refractivity (Wildman–Crippen MR) is 32.9 cm³/mol. The van der Waals surface area contributed by atoms with Gasteiger partial charge in [0, 0.05) is 6.61 Å². The van der Waals surface area contributed by atoms with Gasteiger partial charge in [0.05, 0.1) is 6.61 Å². The third kappa shape index (κ3) is 5.30. The van der Waals surface area contributed by atoms with E-state index in [4.69, 9.17) is 5.11 Å². The van der Waals surface area contributed by atoms with Gasteiger partial charge in [0.25, 0.3) is 6.47 Å². The van der Waals surface area contributed by atoms with Crippen molar-refractivity contribution in [3.05, 3.63) is 0 Å². The van der Waals surface area contributed by atoms with Gasteiger partial charge in [-0.3, -0.25) is 4.79 Å². The standard InChI is InChI=1S/C6H12O3/c1-6(2-3-7)4-9-5-8/h5-7H,2-4H2,1H3. The molecular formula is C6H12O3. The molecule has 1 N–H and O–H groups in total. The molecule has 0 fully saturated rings. The number of ether oxygens (including phenoxy) is 1. The molecule has 0 amide bonds. The van der Waals surface area contributed by atoms with Crippen LogP contribution in [0.2, 0.25) is 0 Å². The number of aliphatic hydroxyl groups is 1. The fourth-order valence-corrected chi connectivity index (χ4v) is 0.507. The van der Waals surface area contributed by atoms with Gasteiger partial charge < -0.3 is 9.84 Å². The van der Waals surface area contributed by atoms with E-state index in [1.807, 2.05) is 6.92 Å². The summed E-state index contributed by atoms with van der Waals surface area (Å²) in [7, 11) is 0. The monoisotopic (exact) mass is 132 g/mol. The molecule has 0 bridgehead atoms. The van der Waals surface area contributed by atoms with Crippen LogP contribution in [0.25, 0.3) is 0 Å². The zero-order valence-electron chi connectivity index (χ0n) is 5.54. The number of rotatable bonds is 5. The molecule has 54 valence electrons. The molecule has 3 nitrogen and oxygen atoms in total. The van der Waals surface area contributed by atoms with Crippen LogP contribution in [0.5, 0.6) is 0 Å². The van der Waals surface area contributed by atoms with E-state index >= 15 is 0 Å². The molecule has 0 spiro atoms. The Morgan fingerprint density at radius 1 is 1.78 bits per heavy atom. The van der Waals surface area contributed by atoms with Gasteiger partial charge in [-0.2, -0.15) is 0 Å². The minimum Gasteiger partial charge on any atom is -0.468 e. The van der Waals surface area contributed by atoms with Crippen LogP contribution in [0.1, 0.15) is 13.3 Å². The number of hydrogen-bond donors (Lipinski definition) is 1. The number of aliphatic hydroxyl groups excluding tert-OH is 1. The molecule has 0 radical (unpaired) electrons. The van der Waals surface area contributed by atoms with Gasteiger partial charge in [0.2, 0.25) is 0 Å². The van der Waals surface area contributed by atoms with Crippen LogP contribution in [0.15, 0.2) is 0 Å². The molecule has 0 aromatic rings. The Balaban J connectivity index is 3.04. The topological polar surface area (TPSA) is 46.5 Å². The van der Waals surface area contributed by atoms with Crippen LogP contribution < -0.4 is 0 Å². The van der Waals surface area contributed by atoms with E-state index in [-0.39, 0.29) is 12.5 Å². The van der Waals surface area contributed by atoms with E-state index in [0.717, 1.165) is 0 Å². The third-order valence-electron chi connectivity index (χ3n) is 1.07. The molecule has 9 heavy (non-hydrogen) atoms. The molecule has 1 atom stereocenters. The average molecular weight is 132 g/mol. The molecule has 0 aliphatic rings. The summed E-state index contributed by atoms with van der Waals surface area (Å²) in [6, 6.07) is 0. The van der Waals surface area contributed by atoms with Crippen LogP contribution >= 0.6 is 0 Å². The highest BCUT2D eigenvalue weighted by Gasteiger charge is 1.99. The molecule has 0 saturated carbocycles. The minimum atomic E-state index is 0.156. The van der Waals surface area contributed by atoms with E-state index in [0.29, 0.717) is 19.5 Å². The summed E-state index contributed by atoms with van der Waals surface area (Å²) in [5.74, 6) is 0.264. The fourth-order valence-electron chi connectivity index (χ4n) is 0.507. The Morgan fingerprint density at radius 3 is 2.89 bits per heavy atom. The maximum Gasteiger partial charge on any atom is 0.293 e. The Hall–Kier alpha value is -0.570. The van der Waals surface area contributed by atoms with Crippen molar-refractivity contribution in [1.82, 2.24) is 0 Å². The SMILES string of the molecule is CC(CCO)COC=O.